The van der Waals surface area contributed by atoms with Crippen LogP contribution >= 0.6 is 0 Å². The van der Waals surface area contributed by atoms with Crippen molar-refractivity contribution >= 4 is 18.2 Å². The van der Waals surface area contributed by atoms with Gasteiger partial charge in [-0.25, -0.2) is 9.59 Å². The average molecular weight is 334 g/mol. The summed E-state index contributed by atoms with van der Waals surface area (Å²) in [5.41, 5.74) is 0.287. The Bertz CT molecular complexity index is 640. The van der Waals surface area contributed by atoms with Crippen LogP contribution in [0, 0.1) is 0 Å². The molecule has 0 bridgehead atoms. The van der Waals surface area contributed by atoms with E-state index in [2.05, 4.69) is 6.58 Å². The minimum Gasteiger partial charge on any atom is -0.481 e. The van der Waals surface area contributed by atoms with Crippen molar-refractivity contribution in [2.45, 2.75) is 32.8 Å². The van der Waals surface area contributed by atoms with Gasteiger partial charge in [0.2, 0.25) is 0 Å². The Balaban J connectivity index is 3.17. The molecule has 0 saturated carbocycles. The number of esters is 2. The van der Waals surface area contributed by atoms with Crippen LogP contribution in [-0.2, 0) is 20.7 Å². The second-order valence-corrected chi connectivity index (χ2v) is 6.03. The third-order valence-electron chi connectivity index (χ3n) is 2.85. The molecule has 6 heteroatoms. The predicted molar refractivity (Wildman–Crippen MR) is 88.4 cm³/mol. The van der Waals surface area contributed by atoms with Crippen LogP contribution in [0.4, 0.5) is 0 Å². The maximum absolute atomic E-state index is 12.0. The molecule has 0 unspecified atom stereocenters. The third-order valence-corrected chi connectivity index (χ3v) is 2.85. The Morgan fingerprint density at radius 2 is 1.92 bits per heavy atom. The molecule has 0 aliphatic rings. The standard InChI is InChI=1S/C18H22O6/c1-6-7-13-8-12(10-19)9-14(17(21)22-5)16(13)23-11-15(20)24-18(2,3)4/h6,8-10H,1,7,11H2,2-5H3. The summed E-state index contributed by atoms with van der Waals surface area (Å²) in [5, 5.41) is 0. The van der Waals surface area contributed by atoms with Gasteiger partial charge in [-0.3, -0.25) is 4.79 Å². The van der Waals surface area contributed by atoms with Crippen LogP contribution in [0.1, 0.15) is 47.1 Å². The number of allylic oxidation sites excluding steroid dienone is 1. The van der Waals surface area contributed by atoms with Crippen molar-refractivity contribution in [1.82, 2.24) is 0 Å². The van der Waals surface area contributed by atoms with Crippen molar-refractivity contribution in [2.24, 2.45) is 0 Å². The first kappa shape index (κ1) is 19.4. The molecule has 0 N–H and O–H groups in total. The number of aldehydes is 1. The molecular weight excluding hydrogens is 312 g/mol. The molecule has 0 aromatic heterocycles. The third kappa shape index (κ3) is 5.53. The summed E-state index contributed by atoms with van der Waals surface area (Å²) in [5.74, 6) is -1.05. The van der Waals surface area contributed by atoms with E-state index in [4.69, 9.17) is 14.2 Å². The van der Waals surface area contributed by atoms with Crippen molar-refractivity contribution in [3.05, 3.63) is 41.5 Å². The molecule has 1 aromatic rings. The first-order chi connectivity index (χ1) is 11.2. The average Bonchev–Trinajstić information content (AvgIpc) is 2.50. The zero-order valence-corrected chi connectivity index (χ0v) is 14.4. The van der Waals surface area contributed by atoms with Gasteiger partial charge >= 0.3 is 11.9 Å². The Morgan fingerprint density at radius 1 is 1.25 bits per heavy atom. The van der Waals surface area contributed by atoms with Crippen LogP contribution in [0.2, 0.25) is 0 Å². The van der Waals surface area contributed by atoms with E-state index in [1.807, 2.05) is 0 Å². The Labute approximate surface area is 141 Å². The van der Waals surface area contributed by atoms with Crippen LogP contribution in [0.3, 0.4) is 0 Å². The smallest absolute Gasteiger partial charge is 0.344 e. The first-order valence-electron chi connectivity index (χ1n) is 7.37. The van der Waals surface area contributed by atoms with Crippen molar-refractivity contribution in [3.8, 4) is 5.75 Å². The SMILES string of the molecule is C=CCc1cc(C=O)cc(C(=O)OC)c1OCC(=O)OC(C)(C)C. The van der Waals surface area contributed by atoms with Gasteiger partial charge < -0.3 is 14.2 Å². The van der Waals surface area contributed by atoms with Crippen LogP contribution < -0.4 is 4.74 Å². The molecule has 0 heterocycles. The van der Waals surface area contributed by atoms with Gasteiger partial charge in [0.05, 0.1) is 7.11 Å². The first-order valence-corrected chi connectivity index (χ1v) is 7.37. The van der Waals surface area contributed by atoms with Gasteiger partial charge in [0.15, 0.2) is 6.61 Å². The highest BCUT2D eigenvalue weighted by atomic mass is 16.6. The number of ether oxygens (including phenoxy) is 3. The van der Waals surface area contributed by atoms with E-state index < -0.39 is 17.5 Å². The zero-order valence-electron chi connectivity index (χ0n) is 14.4. The van der Waals surface area contributed by atoms with E-state index in [-0.39, 0.29) is 17.9 Å². The summed E-state index contributed by atoms with van der Waals surface area (Å²) in [4.78, 5) is 34.9. The molecule has 6 nitrogen and oxygen atoms in total. The number of carbonyl (C=O) groups excluding carboxylic acids is 3. The molecular formula is C18H22O6. The highest BCUT2D eigenvalue weighted by Crippen LogP contribution is 2.27. The minimum atomic E-state index is -0.664. The maximum atomic E-state index is 12.0. The quantitative estimate of drug-likeness (QED) is 0.433. The molecule has 0 saturated heterocycles. The largest absolute Gasteiger partial charge is 0.481 e. The van der Waals surface area contributed by atoms with Gasteiger partial charge in [0.25, 0.3) is 0 Å². The van der Waals surface area contributed by atoms with Crippen LogP contribution in [-0.4, -0.2) is 37.5 Å². The maximum Gasteiger partial charge on any atom is 0.344 e. The molecule has 0 fully saturated rings. The van der Waals surface area contributed by atoms with Crippen molar-refractivity contribution in [2.75, 3.05) is 13.7 Å². The lowest BCUT2D eigenvalue weighted by atomic mass is 10.0. The van der Waals surface area contributed by atoms with Gasteiger partial charge in [-0.15, -0.1) is 6.58 Å². The van der Waals surface area contributed by atoms with Crippen molar-refractivity contribution in [1.29, 1.82) is 0 Å². The molecule has 0 aliphatic carbocycles. The highest BCUT2D eigenvalue weighted by Gasteiger charge is 2.21. The van der Waals surface area contributed by atoms with E-state index in [9.17, 15) is 14.4 Å². The van der Waals surface area contributed by atoms with Gasteiger partial charge in [-0.1, -0.05) is 6.08 Å². The number of rotatable bonds is 7. The number of methoxy groups -OCH3 is 1. The molecule has 0 amide bonds. The number of carbonyl (C=O) groups is 3. The molecule has 0 aliphatic heterocycles. The van der Waals surface area contributed by atoms with Gasteiger partial charge in [0.1, 0.15) is 23.2 Å². The van der Waals surface area contributed by atoms with Crippen LogP contribution in [0.15, 0.2) is 24.8 Å². The van der Waals surface area contributed by atoms with Crippen LogP contribution in [0.5, 0.6) is 5.75 Å². The second kappa shape index (κ2) is 8.29. The topological polar surface area (TPSA) is 78.9 Å². The summed E-state index contributed by atoms with van der Waals surface area (Å²) < 4.78 is 15.4. The molecule has 24 heavy (non-hydrogen) atoms. The minimum absolute atomic E-state index is 0.0718. The van der Waals surface area contributed by atoms with E-state index in [1.54, 1.807) is 32.9 Å². The Morgan fingerprint density at radius 3 is 2.42 bits per heavy atom. The monoisotopic (exact) mass is 334 g/mol. The normalized spacial score (nSPS) is 10.7. The lowest BCUT2D eigenvalue weighted by Gasteiger charge is -2.20. The Kier molecular flexibility index (Phi) is 6.70. The van der Waals surface area contributed by atoms with Crippen molar-refractivity contribution < 1.29 is 28.6 Å². The summed E-state index contributed by atoms with van der Waals surface area (Å²) in [6, 6.07) is 2.93. The molecule has 1 rings (SSSR count). The fourth-order valence-electron chi connectivity index (χ4n) is 2.02. The van der Waals surface area contributed by atoms with Crippen LogP contribution in [0.25, 0.3) is 0 Å². The second-order valence-electron chi connectivity index (χ2n) is 6.03. The highest BCUT2D eigenvalue weighted by molar-refractivity contribution is 5.95. The van der Waals surface area contributed by atoms with Crippen molar-refractivity contribution in [3.63, 3.8) is 0 Å². The fraction of sp³-hybridized carbons (Fsp3) is 0.389. The van der Waals surface area contributed by atoms with E-state index in [1.165, 1.54) is 13.2 Å². The summed E-state index contributed by atoms with van der Waals surface area (Å²) in [6.45, 7) is 8.50. The summed E-state index contributed by atoms with van der Waals surface area (Å²) in [7, 11) is 1.22. The molecule has 1 aromatic carbocycles. The lowest BCUT2D eigenvalue weighted by molar-refractivity contribution is -0.157. The number of hydrogen-bond donors (Lipinski definition) is 0. The molecule has 0 spiro atoms. The molecule has 0 atom stereocenters. The van der Waals surface area contributed by atoms with E-state index >= 15 is 0 Å². The summed E-state index contributed by atoms with van der Waals surface area (Å²) >= 11 is 0. The van der Waals surface area contributed by atoms with E-state index in [0.29, 0.717) is 23.8 Å². The van der Waals surface area contributed by atoms with Gasteiger partial charge in [-0.05, 0) is 44.9 Å². The fourth-order valence-corrected chi connectivity index (χ4v) is 2.02. The number of benzene rings is 1. The predicted octanol–water partition coefficient (Wildman–Crippen LogP) is 2.73. The number of hydrogen-bond acceptors (Lipinski definition) is 6. The zero-order chi connectivity index (χ0) is 18.3. The van der Waals surface area contributed by atoms with Gasteiger partial charge in [-0.2, -0.15) is 0 Å². The molecule has 130 valence electrons. The van der Waals surface area contributed by atoms with Gasteiger partial charge in [0, 0.05) is 5.56 Å². The van der Waals surface area contributed by atoms with E-state index in [0.717, 1.165) is 0 Å². The molecule has 0 radical (unpaired) electrons. The summed E-state index contributed by atoms with van der Waals surface area (Å²) in [6.07, 6.45) is 2.58. The Hall–Kier alpha value is -2.63. The lowest BCUT2D eigenvalue weighted by Crippen LogP contribution is -2.27.